The van der Waals surface area contributed by atoms with Crippen LogP contribution in [-0.4, -0.2) is 32.5 Å². The van der Waals surface area contributed by atoms with Gasteiger partial charge in [-0.15, -0.1) is 0 Å². The van der Waals surface area contributed by atoms with E-state index in [0.29, 0.717) is 17.3 Å². The molecule has 0 aromatic carbocycles. The lowest BCUT2D eigenvalue weighted by atomic mass is 10.2. The van der Waals surface area contributed by atoms with Gasteiger partial charge in [0.15, 0.2) is 6.61 Å². The molecule has 0 unspecified atom stereocenters. The Morgan fingerprint density at radius 3 is 2.56 bits per heavy atom. The highest BCUT2D eigenvalue weighted by molar-refractivity contribution is 6.34. The minimum Gasteiger partial charge on any atom is -0.468 e. The molecule has 0 atom stereocenters. The van der Waals surface area contributed by atoms with E-state index < -0.39 is 12.8 Å². The quantitative estimate of drug-likeness (QED) is 0.649. The number of alkyl halides is 3. The van der Waals surface area contributed by atoms with E-state index in [4.69, 9.17) is 16.3 Å². The predicted octanol–water partition coefficient (Wildman–Crippen LogP) is 4.09. The molecular weight excluding hydrogens is 357 g/mol. The lowest BCUT2D eigenvalue weighted by Crippen LogP contribution is -2.20. The SMILES string of the molecule is Cc1cc(Cn2cc3c(Cl)ncc(C)c3n2)cnc1OCC(F)(F)F. The van der Waals surface area contributed by atoms with E-state index in [2.05, 4.69) is 15.1 Å². The summed E-state index contributed by atoms with van der Waals surface area (Å²) in [5.41, 5.74) is 2.97. The van der Waals surface area contributed by atoms with E-state index in [0.717, 1.165) is 22.0 Å². The van der Waals surface area contributed by atoms with Crippen LogP contribution in [0.3, 0.4) is 0 Å². The Morgan fingerprint density at radius 2 is 1.92 bits per heavy atom. The average Bonchev–Trinajstić information content (AvgIpc) is 2.94. The van der Waals surface area contributed by atoms with Gasteiger partial charge in [-0.25, -0.2) is 9.97 Å². The molecule has 5 nitrogen and oxygen atoms in total. The van der Waals surface area contributed by atoms with Gasteiger partial charge in [-0.3, -0.25) is 4.68 Å². The second-order valence-corrected chi connectivity index (χ2v) is 6.05. The third-order valence-electron chi connectivity index (χ3n) is 3.53. The second-order valence-electron chi connectivity index (χ2n) is 5.69. The van der Waals surface area contributed by atoms with Crippen molar-refractivity contribution < 1.29 is 17.9 Å². The maximum Gasteiger partial charge on any atom is 0.422 e. The van der Waals surface area contributed by atoms with Crippen LogP contribution in [0.25, 0.3) is 10.9 Å². The molecule has 0 saturated heterocycles. The number of pyridine rings is 2. The maximum atomic E-state index is 12.2. The van der Waals surface area contributed by atoms with Crippen LogP contribution >= 0.6 is 11.6 Å². The molecule has 3 aromatic rings. The van der Waals surface area contributed by atoms with Gasteiger partial charge in [0.05, 0.1) is 17.4 Å². The first-order chi connectivity index (χ1) is 11.7. The lowest BCUT2D eigenvalue weighted by Gasteiger charge is -2.11. The summed E-state index contributed by atoms with van der Waals surface area (Å²) in [6.07, 6.45) is 0.506. The van der Waals surface area contributed by atoms with Gasteiger partial charge in [0, 0.05) is 24.2 Å². The third-order valence-corrected chi connectivity index (χ3v) is 3.83. The van der Waals surface area contributed by atoms with E-state index in [1.165, 1.54) is 6.20 Å². The molecule has 132 valence electrons. The van der Waals surface area contributed by atoms with E-state index in [9.17, 15) is 13.2 Å². The fourth-order valence-electron chi connectivity index (χ4n) is 2.42. The van der Waals surface area contributed by atoms with Crippen molar-refractivity contribution in [2.45, 2.75) is 26.6 Å². The van der Waals surface area contributed by atoms with Crippen molar-refractivity contribution in [2.24, 2.45) is 0 Å². The molecule has 0 fully saturated rings. The fourth-order valence-corrected chi connectivity index (χ4v) is 2.61. The molecule has 0 saturated carbocycles. The largest absolute Gasteiger partial charge is 0.468 e. The molecule has 0 spiro atoms. The number of hydrogen-bond donors (Lipinski definition) is 0. The summed E-state index contributed by atoms with van der Waals surface area (Å²) in [6.45, 7) is 2.57. The van der Waals surface area contributed by atoms with Gasteiger partial charge in [-0.2, -0.15) is 18.3 Å². The van der Waals surface area contributed by atoms with E-state index in [1.807, 2.05) is 6.92 Å². The van der Waals surface area contributed by atoms with Crippen molar-refractivity contribution in [3.63, 3.8) is 0 Å². The minimum absolute atomic E-state index is 0.0326. The van der Waals surface area contributed by atoms with Crippen LogP contribution in [0.2, 0.25) is 5.15 Å². The Hall–Kier alpha value is -2.35. The number of halogens is 4. The number of hydrogen-bond acceptors (Lipinski definition) is 4. The molecule has 0 bridgehead atoms. The number of rotatable bonds is 4. The first-order valence-corrected chi connectivity index (χ1v) is 7.74. The van der Waals surface area contributed by atoms with Crippen molar-refractivity contribution in [3.05, 3.63) is 46.5 Å². The zero-order valence-corrected chi connectivity index (χ0v) is 14.2. The van der Waals surface area contributed by atoms with Gasteiger partial charge in [0.25, 0.3) is 0 Å². The molecule has 0 N–H and O–H groups in total. The maximum absolute atomic E-state index is 12.2. The molecular formula is C16H14ClF3N4O. The summed E-state index contributed by atoms with van der Waals surface area (Å²) >= 11 is 6.08. The summed E-state index contributed by atoms with van der Waals surface area (Å²) in [7, 11) is 0. The smallest absolute Gasteiger partial charge is 0.422 e. The third kappa shape index (κ3) is 4.01. The Labute approximate surface area is 146 Å². The van der Waals surface area contributed by atoms with Crippen molar-refractivity contribution in [1.29, 1.82) is 0 Å². The highest BCUT2D eigenvalue weighted by atomic mass is 35.5. The summed E-state index contributed by atoms with van der Waals surface area (Å²) in [5.74, 6) is -0.0326. The Bertz CT molecular complexity index is 885. The van der Waals surface area contributed by atoms with Gasteiger partial charge >= 0.3 is 6.18 Å². The number of aryl methyl sites for hydroxylation is 2. The van der Waals surface area contributed by atoms with Crippen molar-refractivity contribution in [2.75, 3.05) is 6.61 Å². The van der Waals surface area contributed by atoms with Crippen molar-refractivity contribution >= 4 is 22.5 Å². The average molecular weight is 371 g/mol. The molecule has 0 amide bonds. The van der Waals surface area contributed by atoms with Crippen LogP contribution in [-0.2, 0) is 6.54 Å². The summed E-state index contributed by atoms with van der Waals surface area (Å²) in [6, 6.07) is 1.72. The lowest BCUT2D eigenvalue weighted by molar-refractivity contribution is -0.154. The van der Waals surface area contributed by atoms with E-state index in [1.54, 1.807) is 30.1 Å². The number of fused-ring (bicyclic) bond motifs is 1. The minimum atomic E-state index is -4.40. The molecule has 0 aliphatic rings. The van der Waals surface area contributed by atoms with Crippen LogP contribution in [0.4, 0.5) is 13.2 Å². The van der Waals surface area contributed by atoms with Crippen LogP contribution in [0.15, 0.2) is 24.7 Å². The van der Waals surface area contributed by atoms with Gasteiger partial charge < -0.3 is 4.74 Å². The zero-order valence-electron chi connectivity index (χ0n) is 13.4. The monoisotopic (exact) mass is 370 g/mol. The highest BCUT2D eigenvalue weighted by Crippen LogP contribution is 2.24. The van der Waals surface area contributed by atoms with Crippen LogP contribution in [0.1, 0.15) is 16.7 Å². The predicted molar refractivity (Wildman–Crippen MR) is 86.9 cm³/mol. The first kappa shape index (κ1) is 17.5. The summed E-state index contributed by atoms with van der Waals surface area (Å²) in [4.78, 5) is 8.05. The topological polar surface area (TPSA) is 52.8 Å². The molecule has 9 heteroatoms. The standard InChI is InChI=1S/C16H14ClF3N4O/c1-9-3-11(5-22-15(9)25-8-16(18,19)20)6-24-7-12-13(23-24)10(2)4-21-14(12)17/h3-5,7H,6,8H2,1-2H3. The summed E-state index contributed by atoms with van der Waals surface area (Å²) < 4.78 is 43.1. The molecule has 3 aromatic heterocycles. The Balaban J connectivity index is 1.80. The van der Waals surface area contributed by atoms with E-state index >= 15 is 0 Å². The van der Waals surface area contributed by atoms with Crippen molar-refractivity contribution in [3.8, 4) is 5.88 Å². The van der Waals surface area contributed by atoms with Crippen LogP contribution in [0.5, 0.6) is 5.88 Å². The normalized spacial score (nSPS) is 11.9. The Kier molecular flexibility index (Phi) is 4.55. The first-order valence-electron chi connectivity index (χ1n) is 7.36. The molecule has 3 heterocycles. The number of aromatic nitrogens is 4. The second kappa shape index (κ2) is 6.51. The van der Waals surface area contributed by atoms with Gasteiger partial charge in [-0.1, -0.05) is 11.6 Å². The van der Waals surface area contributed by atoms with Crippen molar-refractivity contribution in [1.82, 2.24) is 19.7 Å². The van der Waals surface area contributed by atoms with Crippen LogP contribution in [0, 0.1) is 13.8 Å². The van der Waals surface area contributed by atoms with Gasteiger partial charge in [-0.05, 0) is 31.0 Å². The molecule has 0 aliphatic heterocycles. The van der Waals surface area contributed by atoms with Gasteiger partial charge in [0.2, 0.25) is 5.88 Å². The Morgan fingerprint density at radius 1 is 1.16 bits per heavy atom. The van der Waals surface area contributed by atoms with Gasteiger partial charge in [0.1, 0.15) is 5.15 Å². The molecule has 3 rings (SSSR count). The molecule has 0 aliphatic carbocycles. The van der Waals surface area contributed by atoms with Crippen LogP contribution < -0.4 is 4.74 Å². The summed E-state index contributed by atoms with van der Waals surface area (Å²) in [5, 5.41) is 5.59. The molecule has 0 radical (unpaired) electrons. The highest BCUT2D eigenvalue weighted by Gasteiger charge is 2.29. The number of nitrogens with zero attached hydrogens (tertiary/aromatic N) is 4. The molecule has 25 heavy (non-hydrogen) atoms. The number of ether oxygens (including phenoxy) is 1. The fraction of sp³-hybridized carbons (Fsp3) is 0.312. The van der Waals surface area contributed by atoms with E-state index in [-0.39, 0.29) is 5.88 Å². The zero-order chi connectivity index (χ0) is 18.2.